The molecule has 0 aliphatic rings. The van der Waals surface area contributed by atoms with Crippen LogP contribution in [-0.4, -0.2) is 43.1 Å². The number of rotatable bonds is 11. The molecule has 5 aromatic rings. The van der Waals surface area contributed by atoms with Crippen LogP contribution in [0.15, 0.2) is 83.7 Å². The number of nitro benzene ring substituents is 1. The highest BCUT2D eigenvalue weighted by molar-refractivity contribution is 6.13. The Hall–Kier alpha value is -5.22. The number of fused-ring (bicyclic) bond motifs is 2. The lowest BCUT2D eigenvalue weighted by Gasteiger charge is -2.11. The standard InChI is InChI=1S/C32H30N4O6/c1-41-27-14-11-21(19-28(27)42-2)16-18-33-17-15-20-9-12-22(13-10-20)34-32(38)25-7-3-5-23-29(25)35-30-24(31(23)37)6-4-8-26(30)36(39)40/h3-14,19,33H,15-18H2,1-2H3,(H,34,38)(H,35,37). The van der Waals surface area contributed by atoms with Gasteiger partial charge >= 0.3 is 0 Å². The number of para-hydroxylation sites is 2. The molecule has 1 amide bonds. The zero-order valence-electron chi connectivity index (χ0n) is 23.2. The third-order valence-corrected chi connectivity index (χ3v) is 7.13. The summed E-state index contributed by atoms with van der Waals surface area (Å²) in [7, 11) is 3.24. The van der Waals surface area contributed by atoms with E-state index in [0.717, 1.165) is 37.1 Å². The van der Waals surface area contributed by atoms with E-state index < -0.39 is 10.8 Å². The van der Waals surface area contributed by atoms with Gasteiger partial charge in [0.2, 0.25) is 0 Å². The molecule has 214 valence electrons. The number of ether oxygens (including phenoxy) is 2. The number of hydrogen-bond donors (Lipinski definition) is 3. The molecule has 0 bridgehead atoms. The Morgan fingerprint density at radius 1 is 0.833 bits per heavy atom. The molecule has 5 rings (SSSR count). The van der Waals surface area contributed by atoms with Gasteiger partial charge in [0.15, 0.2) is 16.9 Å². The maximum Gasteiger partial charge on any atom is 0.293 e. The van der Waals surface area contributed by atoms with E-state index in [0.29, 0.717) is 17.2 Å². The molecule has 1 heterocycles. The Morgan fingerprint density at radius 2 is 1.48 bits per heavy atom. The molecule has 4 aromatic carbocycles. The summed E-state index contributed by atoms with van der Waals surface area (Å²) in [5.74, 6) is 0.993. The van der Waals surface area contributed by atoms with E-state index in [1.54, 1.807) is 32.4 Å². The van der Waals surface area contributed by atoms with Gasteiger partial charge in [-0.2, -0.15) is 0 Å². The molecule has 0 spiro atoms. The number of nitrogens with one attached hydrogen (secondary N) is 3. The van der Waals surface area contributed by atoms with Crippen molar-refractivity contribution < 1.29 is 19.2 Å². The van der Waals surface area contributed by atoms with Crippen LogP contribution < -0.4 is 25.5 Å². The van der Waals surface area contributed by atoms with Crippen LogP contribution in [0.25, 0.3) is 21.8 Å². The van der Waals surface area contributed by atoms with Gasteiger partial charge in [0.25, 0.3) is 11.6 Å². The molecule has 0 fully saturated rings. The van der Waals surface area contributed by atoms with Gasteiger partial charge in [-0.15, -0.1) is 0 Å². The van der Waals surface area contributed by atoms with Crippen LogP contribution in [-0.2, 0) is 12.8 Å². The van der Waals surface area contributed by atoms with Gasteiger partial charge in [-0.25, -0.2) is 0 Å². The average molecular weight is 567 g/mol. The van der Waals surface area contributed by atoms with Gasteiger partial charge in [0.05, 0.1) is 35.6 Å². The van der Waals surface area contributed by atoms with Gasteiger partial charge in [-0.3, -0.25) is 19.7 Å². The molecule has 0 radical (unpaired) electrons. The summed E-state index contributed by atoms with van der Waals surface area (Å²) < 4.78 is 10.6. The second-order valence-electron chi connectivity index (χ2n) is 9.73. The highest BCUT2D eigenvalue weighted by atomic mass is 16.6. The van der Waals surface area contributed by atoms with Crippen molar-refractivity contribution in [1.29, 1.82) is 0 Å². The number of aromatic nitrogens is 1. The first-order valence-corrected chi connectivity index (χ1v) is 13.4. The molecule has 42 heavy (non-hydrogen) atoms. The minimum atomic E-state index is -0.553. The fourth-order valence-corrected chi connectivity index (χ4v) is 4.93. The Kier molecular flexibility index (Phi) is 8.44. The van der Waals surface area contributed by atoms with Crippen molar-refractivity contribution in [3.05, 3.63) is 116 Å². The molecular formula is C32H30N4O6. The predicted molar refractivity (Wildman–Crippen MR) is 163 cm³/mol. The maximum absolute atomic E-state index is 13.2. The normalized spacial score (nSPS) is 11.0. The van der Waals surface area contributed by atoms with Crippen molar-refractivity contribution in [3.63, 3.8) is 0 Å². The van der Waals surface area contributed by atoms with Crippen molar-refractivity contribution in [2.45, 2.75) is 12.8 Å². The van der Waals surface area contributed by atoms with E-state index in [4.69, 9.17) is 9.47 Å². The lowest BCUT2D eigenvalue weighted by Crippen LogP contribution is -2.20. The van der Waals surface area contributed by atoms with Crippen LogP contribution in [0.3, 0.4) is 0 Å². The number of carbonyl (C=O) groups is 1. The molecule has 0 saturated carbocycles. The second-order valence-corrected chi connectivity index (χ2v) is 9.73. The summed E-state index contributed by atoms with van der Waals surface area (Å²) >= 11 is 0. The predicted octanol–water partition coefficient (Wildman–Crippen LogP) is 5.23. The number of aromatic amines is 1. The first-order chi connectivity index (χ1) is 20.4. The number of hydrogen-bond acceptors (Lipinski definition) is 7. The molecule has 10 heteroatoms. The van der Waals surface area contributed by atoms with Crippen molar-refractivity contribution in [2.75, 3.05) is 32.6 Å². The van der Waals surface area contributed by atoms with Crippen LogP contribution in [0, 0.1) is 10.1 Å². The molecule has 1 aromatic heterocycles. The van der Waals surface area contributed by atoms with Crippen LogP contribution in [0.4, 0.5) is 11.4 Å². The van der Waals surface area contributed by atoms with E-state index in [1.165, 1.54) is 18.2 Å². The molecule has 0 atom stereocenters. The molecule has 0 saturated heterocycles. The molecule has 3 N–H and O–H groups in total. The number of H-pyrrole nitrogens is 1. The van der Waals surface area contributed by atoms with Gasteiger partial charge in [-0.05, 0) is 79.5 Å². The molecule has 0 unspecified atom stereocenters. The lowest BCUT2D eigenvalue weighted by atomic mass is 10.0. The number of amides is 1. The van der Waals surface area contributed by atoms with Gasteiger partial charge in [0.1, 0.15) is 5.52 Å². The number of nitro groups is 1. The Labute approximate surface area is 241 Å². The fourth-order valence-electron chi connectivity index (χ4n) is 4.93. The largest absolute Gasteiger partial charge is 0.493 e. The lowest BCUT2D eigenvalue weighted by molar-refractivity contribution is -0.383. The SMILES string of the molecule is COc1ccc(CCNCCc2ccc(NC(=O)c3cccc4c(=O)c5cccc([N+](=O)[O-])c5[nH]c34)cc2)cc1OC. The minimum absolute atomic E-state index is 0.0851. The van der Waals surface area contributed by atoms with Crippen LogP contribution in [0.5, 0.6) is 11.5 Å². The number of anilines is 1. The van der Waals surface area contributed by atoms with Gasteiger partial charge in [-0.1, -0.05) is 30.3 Å². The third-order valence-electron chi connectivity index (χ3n) is 7.13. The van der Waals surface area contributed by atoms with Gasteiger partial charge < -0.3 is 25.1 Å². The summed E-state index contributed by atoms with van der Waals surface area (Å²) in [5.41, 5.74) is 2.80. The fraction of sp³-hybridized carbons (Fsp3) is 0.188. The van der Waals surface area contributed by atoms with Crippen molar-refractivity contribution in [1.82, 2.24) is 10.3 Å². The summed E-state index contributed by atoms with van der Waals surface area (Å²) in [5, 5.41) is 18.3. The average Bonchev–Trinajstić information content (AvgIpc) is 3.01. The van der Waals surface area contributed by atoms with Crippen molar-refractivity contribution >= 4 is 39.1 Å². The summed E-state index contributed by atoms with van der Waals surface area (Å²) in [6.45, 7) is 1.61. The first-order valence-electron chi connectivity index (χ1n) is 13.4. The number of pyridine rings is 1. The maximum atomic E-state index is 13.2. The monoisotopic (exact) mass is 566 g/mol. The zero-order valence-corrected chi connectivity index (χ0v) is 23.2. The Balaban J connectivity index is 1.21. The van der Waals surface area contributed by atoms with Crippen LogP contribution in [0.2, 0.25) is 0 Å². The second kappa shape index (κ2) is 12.5. The van der Waals surface area contributed by atoms with E-state index >= 15 is 0 Å². The molecule has 10 nitrogen and oxygen atoms in total. The molecule has 0 aliphatic heterocycles. The van der Waals surface area contributed by atoms with E-state index in [2.05, 4.69) is 15.6 Å². The van der Waals surface area contributed by atoms with Crippen molar-refractivity contribution in [2.24, 2.45) is 0 Å². The smallest absolute Gasteiger partial charge is 0.293 e. The topological polar surface area (TPSA) is 136 Å². The first kappa shape index (κ1) is 28.3. The highest BCUT2D eigenvalue weighted by Gasteiger charge is 2.19. The highest BCUT2D eigenvalue weighted by Crippen LogP contribution is 2.28. The van der Waals surface area contributed by atoms with E-state index in [1.807, 2.05) is 42.5 Å². The summed E-state index contributed by atoms with van der Waals surface area (Å²) in [4.78, 5) is 40.3. The summed E-state index contributed by atoms with van der Waals surface area (Å²) in [6, 6.07) is 22.6. The minimum Gasteiger partial charge on any atom is -0.493 e. The zero-order chi connectivity index (χ0) is 29.6. The van der Waals surface area contributed by atoms with Gasteiger partial charge in [0, 0.05) is 17.1 Å². The van der Waals surface area contributed by atoms with Crippen LogP contribution >= 0.6 is 0 Å². The number of benzene rings is 4. The van der Waals surface area contributed by atoms with Crippen LogP contribution in [0.1, 0.15) is 21.5 Å². The number of methoxy groups -OCH3 is 2. The number of carbonyl (C=O) groups excluding carboxylic acids is 1. The van der Waals surface area contributed by atoms with Crippen molar-refractivity contribution in [3.8, 4) is 11.5 Å². The number of non-ortho nitro benzene ring substituents is 1. The molecule has 0 aliphatic carbocycles. The summed E-state index contributed by atoms with van der Waals surface area (Å²) in [6.07, 6.45) is 1.67. The Bertz CT molecular complexity index is 1830. The quantitative estimate of drug-likeness (QED) is 0.0862. The third kappa shape index (κ3) is 5.93. The molecular weight excluding hydrogens is 536 g/mol. The number of nitrogens with zero attached hydrogens (tertiary/aromatic N) is 1. The Morgan fingerprint density at radius 3 is 2.17 bits per heavy atom. The van der Waals surface area contributed by atoms with E-state index in [9.17, 15) is 19.7 Å². The van der Waals surface area contributed by atoms with E-state index in [-0.39, 0.29) is 38.5 Å².